The fraction of sp³-hybridized carbons (Fsp3) is 0.353. The van der Waals surface area contributed by atoms with Crippen molar-refractivity contribution in [2.24, 2.45) is 0 Å². The topological polar surface area (TPSA) is 101 Å². The first-order chi connectivity index (χ1) is 12.4. The summed E-state index contributed by atoms with van der Waals surface area (Å²) in [7, 11) is 0.298. The summed E-state index contributed by atoms with van der Waals surface area (Å²) in [6.45, 7) is 0. The fourth-order valence-corrected chi connectivity index (χ4v) is 4.64. The molecule has 1 aliphatic rings. The summed E-state index contributed by atoms with van der Waals surface area (Å²) in [4.78, 5) is 22.5. The molecular weight excluding hydrogens is 356 g/mol. The van der Waals surface area contributed by atoms with Gasteiger partial charge in [-0.3, -0.25) is 4.79 Å². The number of hydrogen-bond donors (Lipinski definition) is 1. The monoisotopic (exact) mass is 376 g/mol. The van der Waals surface area contributed by atoms with Crippen molar-refractivity contribution in [1.29, 1.82) is 0 Å². The van der Waals surface area contributed by atoms with Gasteiger partial charge in [0, 0.05) is 19.2 Å². The van der Waals surface area contributed by atoms with E-state index in [9.17, 15) is 13.2 Å². The Morgan fingerprint density at radius 2 is 2.08 bits per heavy atom. The van der Waals surface area contributed by atoms with Crippen LogP contribution in [0.1, 0.15) is 16.9 Å². The first kappa shape index (κ1) is 18.1. The van der Waals surface area contributed by atoms with Gasteiger partial charge in [0.25, 0.3) is 5.91 Å². The zero-order valence-corrected chi connectivity index (χ0v) is 15.4. The quantitative estimate of drug-likeness (QED) is 0.841. The second-order valence-corrected chi connectivity index (χ2v) is 8.31. The van der Waals surface area contributed by atoms with E-state index in [2.05, 4.69) is 15.3 Å². The summed E-state index contributed by atoms with van der Waals surface area (Å²) in [6.07, 6.45) is 1.85. The number of hydrogen-bond acceptors (Lipinski definition) is 7. The van der Waals surface area contributed by atoms with E-state index >= 15 is 0 Å². The van der Waals surface area contributed by atoms with Crippen molar-refractivity contribution in [2.45, 2.75) is 12.5 Å². The zero-order chi connectivity index (χ0) is 18.7. The lowest BCUT2D eigenvalue weighted by atomic mass is 10.2. The van der Waals surface area contributed by atoms with Gasteiger partial charge in [-0.05, 0) is 18.6 Å². The summed E-state index contributed by atoms with van der Waals surface area (Å²) in [5.41, 5.74) is 0.726. The molecule has 8 nitrogen and oxygen atoms in total. The van der Waals surface area contributed by atoms with Gasteiger partial charge in [-0.2, -0.15) is 0 Å². The maximum atomic E-state index is 12.5. The van der Waals surface area contributed by atoms with Gasteiger partial charge in [-0.15, -0.1) is 0 Å². The standard InChI is InChI=1S/C17H20N4O4S/c1-21(12-7-8-26(23,24)10-12)16-9-14(18-11-19-16)17(22)20-13-5-3-4-6-15(13)25-2/h3-6,9,11-12H,7-8,10H2,1-2H3,(H,20,22). The molecule has 1 unspecified atom stereocenters. The highest BCUT2D eigenvalue weighted by Gasteiger charge is 2.31. The molecule has 1 aromatic carbocycles. The van der Waals surface area contributed by atoms with Crippen LogP contribution in [0.5, 0.6) is 5.75 Å². The van der Waals surface area contributed by atoms with Gasteiger partial charge < -0.3 is 15.0 Å². The first-order valence-corrected chi connectivity index (χ1v) is 9.91. The SMILES string of the molecule is COc1ccccc1NC(=O)c1cc(N(C)C2CCS(=O)(=O)C2)ncn1. The molecule has 0 radical (unpaired) electrons. The molecule has 0 bridgehead atoms. The van der Waals surface area contributed by atoms with E-state index in [1.165, 1.54) is 13.4 Å². The molecule has 3 rings (SSSR count). The number of ether oxygens (including phenoxy) is 1. The Hall–Kier alpha value is -2.68. The van der Waals surface area contributed by atoms with E-state index in [0.717, 1.165) is 0 Å². The van der Waals surface area contributed by atoms with Crippen LogP contribution in [0, 0.1) is 0 Å². The van der Waals surface area contributed by atoms with Crippen LogP contribution >= 0.6 is 0 Å². The molecule has 1 aliphatic heterocycles. The summed E-state index contributed by atoms with van der Waals surface area (Å²) in [6, 6.07) is 8.47. The van der Waals surface area contributed by atoms with Gasteiger partial charge in [0.05, 0.1) is 24.3 Å². The van der Waals surface area contributed by atoms with Crippen molar-refractivity contribution in [1.82, 2.24) is 9.97 Å². The third kappa shape index (κ3) is 3.93. The Labute approximate surface area is 152 Å². The van der Waals surface area contributed by atoms with Crippen molar-refractivity contribution in [3.05, 3.63) is 42.4 Å². The average Bonchev–Trinajstić information content (AvgIpc) is 3.01. The molecule has 0 aliphatic carbocycles. The van der Waals surface area contributed by atoms with Crippen LogP contribution in [0.15, 0.2) is 36.7 Å². The molecule has 1 N–H and O–H groups in total. The van der Waals surface area contributed by atoms with E-state index in [0.29, 0.717) is 23.7 Å². The van der Waals surface area contributed by atoms with E-state index in [1.54, 1.807) is 36.2 Å². The summed E-state index contributed by atoms with van der Waals surface area (Å²) < 4.78 is 28.6. The Bertz CT molecular complexity index is 916. The van der Waals surface area contributed by atoms with Crippen LogP contribution in [0.25, 0.3) is 0 Å². The average molecular weight is 376 g/mol. The van der Waals surface area contributed by atoms with E-state index < -0.39 is 15.7 Å². The molecule has 1 saturated heterocycles. The maximum Gasteiger partial charge on any atom is 0.274 e. The van der Waals surface area contributed by atoms with Crippen molar-refractivity contribution in [3.8, 4) is 5.75 Å². The number of aromatic nitrogens is 2. The normalized spacial score (nSPS) is 18.3. The summed E-state index contributed by atoms with van der Waals surface area (Å²) in [5, 5.41) is 2.76. The van der Waals surface area contributed by atoms with Crippen molar-refractivity contribution < 1.29 is 17.9 Å². The third-order valence-electron chi connectivity index (χ3n) is 4.36. The van der Waals surface area contributed by atoms with Gasteiger partial charge >= 0.3 is 0 Å². The molecule has 2 heterocycles. The number of amides is 1. The minimum atomic E-state index is -3.00. The Balaban J connectivity index is 1.77. The highest BCUT2D eigenvalue weighted by atomic mass is 32.2. The number of para-hydroxylation sites is 2. The number of rotatable bonds is 5. The molecule has 1 fully saturated rings. The number of benzene rings is 1. The van der Waals surface area contributed by atoms with Crippen LogP contribution in [-0.2, 0) is 9.84 Å². The number of carbonyl (C=O) groups excluding carboxylic acids is 1. The first-order valence-electron chi connectivity index (χ1n) is 8.09. The summed E-state index contributed by atoms with van der Waals surface area (Å²) in [5.74, 6) is 0.922. The Morgan fingerprint density at radius 3 is 2.77 bits per heavy atom. The van der Waals surface area contributed by atoms with Gasteiger partial charge in [-0.1, -0.05) is 12.1 Å². The minimum Gasteiger partial charge on any atom is -0.495 e. The van der Waals surface area contributed by atoms with Gasteiger partial charge in [0.1, 0.15) is 23.6 Å². The highest BCUT2D eigenvalue weighted by Crippen LogP contribution is 2.24. The predicted octanol–water partition coefficient (Wildman–Crippen LogP) is 1.36. The molecular formula is C17H20N4O4S. The number of anilines is 2. The Kier molecular flexibility index (Phi) is 5.08. The lowest BCUT2D eigenvalue weighted by Gasteiger charge is -2.24. The third-order valence-corrected chi connectivity index (χ3v) is 6.11. The molecule has 9 heteroatoms. The van der Waals surface area contributed by atoms with Crippen molar-refractivity contribution >= 4 is 27.2 Å². The number of nitrogens with zero attached hydrogens (tertiary/aromatic N) is 3. The van der Waals surface area contributed by atoms with Crippen LogP contribution < -0.4 is 15.0 Å². The Morgan fingerprint density at radius 1 is 1.31 bits per heavy atom. The minimum absolute atomic E-state index is 0.0935. The lowest BCUT2D eigenvalue weighted by Crippen LogP contribution is -2.33. The fourth-order valence-electron chi connectivity index (χ4n) is 2.87. The largest absolute Gasteiger partial charge is 0.495 e. The molecule has 1 amide bonds. The van der Waals surface area contributed by atoms with Crippen molar-refractivity contribution in [2.75, 3.05) is 35.9 Å². The van der Waals surface area contributed by atoms with Gasteiger partial charge in [0.2, 0.25) is 0 Å². The molecule has 138 valence electrons. The predicted molar refractivity (Wildman–Crippen MR) is 98.4 cm³/mol. The zero-order valence-electron chi connectivity index (χ0n) is 14.5. The van der Waals surface area contributed by atoms with E-state index in [4.69, 9.17) is 4.74 Å². The molecule has 26 heavy (non-hydrogen) atoms. The molecule has 1 aromatic heterocycles. The molecule has 0 spiro atoms. The maximum absolute atomic E-state index is 12.5. The van der Waals surface area contributed by atoms with Gasteiger partial charge in [-0.25, -0.2) is 18.4 Å². The van der Waals surface area contributed by atoms with Crippen LogP contribution in [0.2, 0.25) is 0 Å². The smallest absolute Gasteiger partial charge is 0.274 e. The number of nitrogens with one attached hydrogen (secondary N) is 1. The van der Waals surface area contributed by atoms with E-state index in [1.807, 2.05) is 6.07 Å². The number of methoxy groups -OCH3 is 1. The lowest BCUT2D eigenvalue weighted by molar-refractivity contribution is 0.102. The highest BCUT2D eigenvalue weighted by molar-refractivity contribution is 7.91. The second-order valence-electron chi connectivity index (χ2n) is 6.08. The van der Waals surface area contributed by atoms with Gasteiger partial charge in [0.15, 0.2) is 9.84 Å². The summed E-state index contributed by atoms with van der Waals surface area (Å²) >= 11 is 0. The number of sulfone groups is 1. The van der Waals surface area contributed by atoms with E-state index in [-0.39, 0.29) is 23.2 Å². The van der Waals surface area contributed by atoms with Crippen LogP contribution in [0.3, 0.4) is 0 Å². The molecule has 2 aromatic rings. The van der Waals surface area contributed by atoms with Crippen LogP contribution in [-0.4, -0.2) is 56.0 Å². The number of carbonyl (C=O) groups is 1. The molecule has 1 atom stereocenters. The van der Waals surface area contributed by atoms with Crippen LogP contribution in [0.4, 0.5) is 11.5 Å². The van der Waals surface area contributed by atoms with Crippen molar-refractivity contribution in [3.63, 3.8) is 0 Å². The molecule has 0 saturated carbocycles. The second kappa shape index (κ2) is 7.28.